The van der Waals surface area contributed by atoms with Crippen molar-refractivity contribution in [3.8, 4) is 5.75 Å². The highest BCUT2D eigenvalue weighted by Gasteiger charge is 2.30. The first-order valence-corrected chi connectivity index (χ1v) is 13.8. The minimum atomic E-state index is -0.970. The van der Waals surface area contributed by atoms with Crippen molar-refractivity contribution in [1.29, 1.82) is 0 Å². The summed E-state index contributed by atoms with van der Waals surface area (Å²) in [5, 5.41) is 9.79. The molecule has 0 amide bonds. The Kier molecular flexibility index (Phi) is 9.88. The van der Waals surface area contributed by atoms with E-state index in [1.807, 2.05) is 0 Å². The van der Waals surface area contributed by atoms with Gasteiger partial charge in [-0.15, -0.1) is 6.58 Å². The molecule has 2 aromatic carbocycles. The molecule has 0 heterocycles. The van der Waals surface area contributed by atoms with E-state index in [1.165, 1.54) is 6.07 Å². The number of aliphatic hydroxyl groups is 1. The third kappa shape index (κ3) is 6.60. The van der Waals surface area contributed by atoms with Crippen LogP contribution in [0.4, 0.5) is 17.6 Å². The lowest BCUT2D eigenvalue weighted by atomic mass is 9.76. The SMILES string of the molecule is C=CCCOc1ccc(C2CCC(OCc3ccc(C4CCC(C(C)O)CC4)c(F)c3F)CC2)c(F)c1F. The normalized spacial score (nSPS) is 24.7. The van der Waals surface area contributed by atoms with Gasteiger partial charge in [0.2, 0.25) is 5.82 Å². The molecule has 0 aliphatic heterocycles. The average Bonchev–Trinajstić information content (AvgIpc) is 2.92. The predicted molar refractivity (Wildman–Crippen MR) is 139 cm³/mol. The van der Waals surface area contributed by atoms with Gasteiger partial charge in [-0.3, -0.25) is 0 Å². The van der Waals surface area contributed by atoms with Gasteiger partial charge in [0.05, 0.1) is 25.4 Å². The van der Waals surface area contributed by atoms with Gasteiger partial charge >= 0.3 is 0 Å². The second-order valence-corrected chi connectivity index (χ2v) is 10.8. The first kappa shape index (κ1) is 28.6. The van der Waals surface area contributed by atoms with Crippen molar-refractivity contribution < 1.29 is 32.1 Å². The summed E-state index contributed by atoms with van der Waals surface area (Å²) in [5.41, 5.74) is 0.927. The van der Waals surface area contributed by atoms with E-state index in [0.29, 0.717) is 43.2 Å². The highest BCUT2D eigenvalue weighted by Crippen LogP contribution is 2.40. The smallest absolute Gasteiger partial charge is 0.200 e. The van der Waals surface area contributed by atoms with Crippen LogP contribution >= 0.6 is 0 Å². The predicted octanol–water partition coefficient (Wildman–Crippen LogP) is 8.10. The van der Waals surface area contributed by atoms with E-state index in [1.54, 1.807) is 31.2 Å². The standard InChI is InChI=1S/C31H38F4O3/c1-3-4-17-37-27-16-15-26(30(34)31(27)35)22-9-12-24(13-10-22)38-18-23-11-14-25(29(33)28(23)32)21-7-5-20(6-8-21)19(2)36/h3,11,14-16,19-22,24,36H,1,4-10,12-13,17-18H2,2H3. The molecule has 7 heteroatoms. The molecule has 2 saturated carbocycles. The lowest BCUT2D eigenvalue weighted by Crippen LogP contribution is -2.23. The lowest BCUT2D eigenvalue weighted by Gasteiger charge is -2.31. The van der Waals surface area contributed by atoms with Crippen LogP contribution in [-0.2, 0) is 11.3 Å². The Bertz CT molecular complexity index is 1090. The molecule has 0 spiro atoms. The van der Waals surface area contributed by atoms with Crippen LogP contribution in [0.1, 0.15) is 93.2 Å². The third-order valence-corrected chi connectivity index (χ3v) is 8.33. The van der Waals surface area contributed by atoms with Gasteiger partial charge in [0, 0.05) is 5.56 Å². The largest absolute Gasteiger partial charge is 0.490 e. The summed E-state index contributed by atoms with van der Waals surface area (Å²) in [5.74, 6) is -3.56. The van der Waals surface area contributed by atoms with Crippen LogP contribution in [0.15, 0.2) is 36.9 Å². The number of aliphatic hydroxyl groups excluding tert-OH is 1. The second kappa shape index (κ2) is 13.1. The quantitative estimate of drug-likeness (QED) is 0.190. The highest BCUT2D eigenvalue weighted by molar-refractivity contribution is 5.33. The fraction of sp³-hybridized carbons (Fsp3) is 0.548. The van der Waals surface area contributed by atoms with Crippen molar-refractivity contribution in [3.05, 3.63) is 76.9 Å². The number of halogens is 4. The minimum absolute atomic E-state index is 0.0349. The summed E-state index contributed by atoms with van der Waals surface area (Å²) < 4.78 is 70.2. The van der Waals surface area contributed by atoms with Gasteiger partial charge in [-0.1, -0.05) is 24.3 Å². The maximum atomic E-state index is 14.9. The van der Waals surface area contributed by atoms with Crippen molar-refractivity contribution in [3.63, 3.8) is 0 Å². The average molecular weight is 535 g/mol. The van der Waals surface area contributed by atoms with Crippen LogP contribution in [0.5, 0.6) is 5.75 Å². The van der Waals surface area contributed by atoms with Gasteiger partial charge in [0.15, 0.2) is 23.2 Å². The van der Waals surface area contributed by atoms with Crippen LogP contribution in [0, 0.1) is 29.2 Å². The van der Waals surface area contributed by atoms with Crippen molar-refractivity contribution >= 4 is 0 Å². The van der Waals surface area contributed by atoms with Gasteiger partial charge in [-0.2, -0.15) is 4.39 Å². The Morgan fingerprint density at radius 1 is 0.842 bits per heavy atom. The maximum absolute atomic E-state index is 14.9. The molecule has 3 nitrogen and oxygen atoms in total. The molecule has 1 atom stereocenters. The molecule has 38 heavy (non-hydrogen) atoms. The molecule has 2 aliphatic rings. The summed E-state index contributed by atoms with van der Waals surface area (Å²) in [4.78, 5) is 0. The fourth-order valence-electron chi connectivity index (χ4n) is 5.92. The highest BCUT2D eigenvalue weighted by atomic mass is 19.2. The molecule has 0 saturated heterocycles. The second-order valence-electron chi connectivity index (χ2n) is 10.8. The van der Waals surface area contributed by atoms with Gasteiger partial charge in [-0.05, 0) is 99.7 Å². The van der Waals surface area contributed by atoms with Crippen LogP contribution < -0.4 is 4.74 Å². The number of ether oxygens (including phenoxy) is 2. The number of hydrogen-bond donors (Lipinski definition) is 1. The summed E-state index contributed by atoms with van der Waals surface area (Å²) in [6, 6.07) is 6.34. The Hall–Kier alpha value is -2.38. The molecule has 2 aromatic rings. The number of rotatable bonds is 10. The maximum Gasteiger partial charge on any atom is 0.200 e. The molecule has 0 bridgehead atoms. The first-order valence-electron chi connectivity index (χ1n) is 13.8. The van der Waals surface area contributed by atoms with Gasteiger partial charge < -0.3 is 14.6 Å². The first-order chi connectivity index (χ1) is 18.3. The van der Waals surface area contributed by atoms with Gasteiger partial charge in [0.1, 0.15) is 0 Å². The van der Waals surface area contributed by atoms with Crippen molar-refractivity contribution in [2.24, 2.45) is 5.92 Å². The van der Waals surface area contributed by atoms with Crippen LogP contribution in [0.3, 0.4) is 0 Å². The zero-order valence-corrected chi connectivity index (χ0v) is 22.0. The monoisotopic (exact) mass is 534 g/mol. The third-order valence-electron chi connectivity index (χ3n) is 8.33. The van der Waals surface area contributed by atoms with E-state index in [9.17, 15) is 22.7 Å². The Morgan fingerprint density at radius 3 is 2.03 bits per heavy atom. The molecule has 208 valence electrons. The molecule has 0 aromatic heterocycles. The molecule has 2 fully saturated rings. The van der Waals surface area contributed by atoms with Crippen molar-refractivity contribution in [2.75, 3.05) is 6.61 Å². The van der Waals surface area contributed by atoms with Crippen molar-refractivity contribution in [1.82, 2.24) is 0 Å². The molecule has 0 radical (unpaired) electrons. The van der Waals surface area contributed by atoms with E-state index in [0.717, 1.165) is 25.7 Å². The van der Waals surface area contributed by atoms with E-state index in [-0.39, 0.29) is 54.5 Å². The summed E-state index contributed by atoms with van der Waals surface area (Å²) in [6.45, 7) is 5.56. The van der Waals surface area contributed by atoms with Crippen LogP contribution in [-0.4, -0.2) is 23.9 Å². The fourth-order valence-corrected chi connectivity index (χ4v) is 5.92. The van der Waals surface area contributed by atoms with Crippen LogP contribution in [0.25, 0.3) is 0 Å². The van der Waals surface area contributed by atoms with Gasteiger partial charge in [0.25, 0.3) is 0 Å². The number of hydrogen-bond acceptors (Lipinski definition) is 3. The van der Waals surface area contributed by atoms with E-state index < -0.39 is 23.3 Å². The summed E-state index contributed by atoms with van der Waals surface area (Å²) >= 11 is 0. The molecular formula is C31H38F4O3. The van der Waals surface area contributed by atoms with E-state index >= 15 is 0 Å². The van der Waals surface area contributed by atoms with E-state index in [2.05, 4.69) is 6.58 Å². The topological polar surface area (TPSA) is 38.7 Å². The van der Waals surface area contributed by atoms with Gasteiger partial charge in [-0.25, -0.2) is 13.2 Å². The zero-order chi connectivity index (χ0) is 27.2. The Balaban J connectivity index is 1.29. The minimum Gasteiger partial charge on any atom is -0.490 e. The zero-order valence-electron chi connectivity index (χ0n) is 22.0. The van der Waals surface area contributed by atoms with E-state index in [4.69, 9.17) is 9.47 Å². The molecule has 1 unspecified atom stereocenters. The molecule has 2 aliphatic carbocycles. The number of benzene rings is 2. The molecule has 1 N–H and O–H groups in total. The Morgan fingerprint density at radius 2 is 1.42 bits per heavy atom. The van der Waals surface area contributed by atoms with Crippen molar-refractivity contribution in [2.45, 2.75) is 95.4 Å². The molecule has 4 rings (SSSR count). The summed E-state index contributed by atoms with van der Waals surface area (Å²) in [7, 11) is 0. The van der Waals surface area contributed by atoms with Crippen LogP contribution in [0.2, 0.25) is 0 Å². The molecular weight excluding hydrogens is 496 g/mol. The lowest BCUT2D eigenvalue weighted by molar-refractivity contribution is 0.0116. The Labute approximate surface area is 222 Å². The summed E-state index contributed by atoms with van der Waals surface area (Å²) in [6.07, 6.45) is 7.22.